The van der Waals surface area contributed by atoms with Crippen molar-refractivity contribution in [1.29, 1.82) is 0 Å². The van der Waals surface area contributed by atoms with Crippen molar-refractivity contribution in [3.05, 3.63) is 58.1 Å². The molecule has 2 aromatic rings. The molecule has 0 saturated heterocycles. The first-order valence-corrected chi connectivity index (χ1v) is 8.20. The van der Waals surface area contributed by atoms with Crippen molar-refractivity contribution < 1.29 is 9.53 Å². The van der Waals surface area contributed by atoms with Gasteiger partial charge in [0.15, 0.2) is 0 Å². The van der Waals surface area contributed by atoms with E-state index in [9.17, 15) is 4.79 Å². The molecule has 0 heterocycles. The zero-order chi connectivity index (χ0) is 15.9. The number of ether oxygens (including phenoxy) is 1. The molecule has 0 bridgehead atoms. The summed E-state index contributed by atoms with van der Waals surface area (Å²) in [7, 11) is 0. The Labute approximate surface area is 139 Å². The van der Waals surface area contributed by atoms with Crippen molar-refractivity contribution in [3.8, 4) is 5.75 Å². The zero-order valence-corrected chi connectivity index (χ0v) is 14.4. The van der Waals surface area contributed by atoms with Crippen LogP contribution in [0.1, 0.15) is 35.7 Å². The topological polar surface area (TPSA) is 38.3 Å². The van der Waals surface area contributed by atoms with Crippen molar-refractivity contribution in [1.82, 2.24) is 0 Å². The fourth-order valence-electron chi connectivity index (χ4n) is 1.98. The van der Waals surface area contributed by atoms with Gasteiger partial charge in [0, 0.05) is 10.0 Å². The van der Waals surface area contributed by atoms with Gasteiger partial charge < -0.3 is 10.1 Å². The van der Waals surface area contributed by atoms with Gasteiger partial charge in [-0.25, -0.2) is 0 Å². The number of halogens is 1. The quantitative estimate of drug-likeness (QED) is 0.719. The third-order valence-electron chi connectivity index (χ3n) is 3.24. The Kier molecular flexibility index (Phi) is 6.01. The van der Waals surface area contributed by atoms with Crippen LogP contribution >= 0.6 is 15.9 Å². The molecule has 1 N–H and O–H groups in total. The highest BCUT2D eigenvalue weighted by Gasteiger charge is 2.09. The highest BCUT2D eigenvalue weighted by molar-refractivity contribution is 9.10. The van der Waals surface area contributed by atoms with Gasteiger partial charge in [0.1, 0.15) is 5.75 Å². The molecule has 0 radical (unpaired) electrons. The minimum Gasteiger partial charge on any atom is -0.494 e. The molecule has 22 heavy (non-hydrogen) atoms. The monoisotopic (exact) mass is 361 g/mol. The van der Waals surface area contributed by atoms with Gasteiger partial charge in [-0.2, -0.15) is 0 Å². The maximum absolute atomic E-state index is 12.3. The molecule has 0 unspecified atom stereocenters. The minimum atomic E-state index is -0.148. The van der Waals surface area contributed by atoms with Gasteiger partial charge in [-0.1, -0.05) is 25.5 Å². The van der Waals surface area contributed by atoms with Crippen molar-refractivity contribution in [2.75, 3.05) is 11.9 Å². The van der Waals surface area contributed by atoms with E-state index >= 15 is 0 Å². The van der Waals surface area contributed by atoms with Crippen LogP contribution < -0.4 is 10.1 Å². The van der Waals surface area contributed by atoms with Crippen LogP contribution in [0.4, 0.5) is 5.69 Å². The maximum atomic E-state index is 12.3. The van der Waals surface area contributed by atoms with E-state index in [2.05, 4.69) is 28.2 Å². The predicted molar refractivity (Wildman–Crippen MR) is 93.7 cm³/mol. The summed E-state index contributed by atoms with van der Waals surface area (Å²) >= 11 is 3.47. The third kappa shape index (κ3) is 4.60. The Hall–Kier alpha value is -1.81. The Balaban J connectivity index is 2.07. The van der Waals surface area contributed by atoms with Crippen molar-refractivity contribution in [2.24, 2.45) is 0 Å². The summed E-state index contributed by atoms with van der Waals surface area (Å²) in [6.45, 7) is 4.80. The van der Waals surface area contributed by atoms with Crippen LogP contribution in [0.5, 0.6) is 5.75 Å². The average Bonchev–Trinajstić information content (AvgIpc) is 2.50. The molecular formula is C18H20BrNO2. The lowest BCUT2D eigenvalue weighted by Gasteiger charge is -2.10. The van der Waals surface area contributed by atoms with Crippen molar-refractivity contribution in [3.63, 3.8) is 0 Å². The van der Waals surface area contributed by atoms with Gasteiger partial charge >= 0.3 is 0 Å². The second-order valence-corrected chi connectivity index (χ2v) is 6.02. The molecule has 0 aliphatic rings. The van der Waals surface area contributed by atoms with Crippen LogP contribution in [0.3, 0.4) is 0 Å². The first-order valence-electron chi connectivity index (χ1n) is 7.40. The molecule has 116 valence electrons. The van der Waals surface area contributed by atoms with Gasteiger partial charge in [0.2, 0.25) is 0 Å². The minimum absolute atomic E-state index is 0.148. The van der Waals surface area contributed by atoms with Crippen LogP contribution in [0.25, 0.3) is 0 Å². The lowest BCUT2D eigenvalue weighted by atomic mass is 10.2. The van der Waals surface area contributed by atoms with Crippen molar-refractivity contribution >= 4 is 27.5 Å². The SMILES string of the molecule is CCCCOc1cccc(C(=O)Nc2ccc(C)cc2Br)c1. The van der Waals surface area contributed by atoms with E-state index in [0.29, 0.717) is 12.2 Å². The number of amides is 1. The summed E-state index contributed by atoms with van der Waals surface area (Å²) in [5, 5.41) is 2.91. The standard InChI is InChI=1S/C18H20BrNO2/c1-3-4-10-22-15-7-5-6-14(12-15)18(21)20-17-9-8-13(2)11-16(17)19/h5-9,11-12H,3-4,10H2,1-2H3,(H,20,21). The van der Waals surface area contributed by atoms with Crippen LogP contribution in [0.15, 0.2) is 46.9 Å². The molecule has 3 nitrogen and oxygen atoms in total. The number of carbonyl (C=O) groups excluding carboxylic acids is 1. The van der Waals surface area contributed by atoms with Gasteiger partial charge in [0.25, 0.3) is 5.91 Å². The van der Waals surface area contributed by atoms with E-state index in [1.165, 1.54) is 0 Å². The van der Waals surface area contributed by atoms with E-state index in [1.54, 1.807) is 12.1 Å². The summed E-state index contributed by atoms with van der Waals surface area (Å²) in [5.74, 6) is 0.578. The number of rotatable bonds is 6. The largest absolute Gasteiger partial charge is 0.494 e. The summed E-state index contributed by atoms with van der Waals surface area (Å²) in [4.78, 5) is 12.3. The van der Waals surface area contributed by atoms with E-state index in [4.69, 9.17) is 4.74 Å². The molecule has 0 atom stereocenters. The fourth-order valence-corrected chi connectivity index (χ4v) is 2.57. The summed E-state index contributed by atoms with van der Waals surface area (Å²) in [5.41, 5.74) is 2.48. The number of aryl methyl sites for hydroxylation is 1. The molecule has 2 aromatic carbocycles. The lowest BCUT2D eigenvalue weighted by molar-refractivity contribution is 0.102. The number of anilines is 1. The van der Waals surface area contributed by atoms with E-state index < -0.39 is 0 Å². The maximum Gasteiger partial charge on any atom is 0.255 e. The predicted octanol–water partition coefficient (Wildman–Crippen LogP) is 5.19. The Bertz CT molecular complexity index is 655. The van der Waals surface area contributed by atoms with Crippen LogP contribution in [0.2, 0.25) is 0 Å². The van der Waals surface area contributed by atoms with E-state index in [0.717, 1.165) is 34.3 Å². The highest BCUT2D eigenvalue weighted by atomic mass is 79.9. The Morgan fingerprint density at radius 3 is 2.77 bits per heavy atom. The van der Waals surface area contributed by atoms with Gasteiger partial charge in [-0.3, -0.25) is 4.79 Å². The molecule has 0 fully saturated rings. The second-order valence-electron chi connectivity index (χ2n) is 5.17. The third-order valence-corrected chi connectivity index (χ3v) is 3.89. The van der Waals surface area contributed by atoms with Crippen molar-refractivity contribution in [2.45, 2.75) is 26.7 Å². The molecule has 4 heteroatoms. The molecule has 0 aliphatic heterocycles. The average molecular weight is 362 g/mol. The Morgan fingerprint density at radius 2 is 2.05 bits per heavy atom. The number of hydrogen-bond acceptors (Lipinski definition) is 2. The fraction of sp³-hybridized carbons (Fsp3) is 0.278. The molecule has 2 rings (SSSR count). The van der Waals surface area contributed by atoms with Crippen LogP contribution in [-0.4, -0.2) is 12.5 Å². The summed E-state index contributed by atoms with van der Waals surface area (Å²) < 4.78 is 6.51. The first-order chi connectivity index (χ1) is 10.6. The van der Waals surface area contributed by atoms with Gasteiger partial charge in [-0.05, 0) is 65.2 Å². The van der Waals surface area contributed by atoms with Crippen LogP contribution in [-0.2, 0) is 0 Å². The number of hydrogen-bond donors (Lipinski definition) is 1. The number of unbranched alkanes of at least 4 members (excludes halogenated alkanes) is 1. The van der Waals surface area contributed by atoms with Gasteiger partial charge in [-0.15, -0.1) is 0 Å². The number of nitrogens with one attached hydrogen (secondary N) is 1. The lowest BCUT2D eigenvalue weighted by Crippen LogP contribution is -2.12. The first kappa shape index (κ1) is 16.6. The van der Waals surface area contributed by atoms with E-state index in [1.807, 2.05) is 37.3 Å². The Morgan fingerprint density at radius 1 is 1.23 bits per heavy atom. The van der Waals surface area contributed by atoms with Crippen LogP contribution in [0, 0.1) is 6.92 Å². The number of carbonyl (C=O) groups is 1. The normalized spacial score (nSPS) is 10.3. The highest BCUT2D eigenvalue weighted by Crippen LogP contribution is 2.24. The summed E-state index contributed by atoms with van der Waals surface area (Å²) in [6.07, 6.45) is 2.09. The molecule has 0 saturated carbocycles. The van der Waals surface area contributed by atoms with Gasteiger partial charge in [0.05, 0.1) is 12.3 Å². The molecular weight excluding hydrogens is 342 g/mol. The molecule has 0 aromatic heterocycles. The summed E-state index contributed by atoms with van der Waals surface area (Å²) in [6, 6.07) is 13.1. The molecule has 1 amide bonds. The second kappa shape index (κ2) is 7.99. The molecule has 0 aliphatic carbocycles. The smallest absolute Gasteiger partial charge is 0.255 e. The number of benzene rings is 2. The zero-order valence-electron chi connectivity index (χ0n) is 12.9. The van der Waals surface area contributed by atoms with E-state index in [-0.39, 0.29) is 5.91 Å². The molecule has 0 spiro atoms.